The van der Waals surface area contributed by atoms with E-state index in [0.717, 1.165) is 24.9 Å². The largest absolute Gasteiger partial charge is 0.366 e. The number of halogens is 1. The monoisotopic (exact) mass is 340 g/mol. The SMILES string of the molecule is NC(=O)c1cccc(CN2CCC[C@@H]2CC(=O)c2ccc(F)cc2)c1. The third-order valence-electron chi connectivity index (χ3n) is 4.68. The molecule has 130 valence electrons. The number of carbonyl (C=O) groups is 2. The average molecular weight is 340 g/mol. The second kappa shape index (κ2) is 7.57. The van der Waals surface area contributed by atoms with E-state index in [2.05, 4.69) is 4.90 Å². The zero-order chi connectivity index (χ0) is 17.8. The summed E-state index contributed by atoms with van der Waals surface area (Å²) in [6.45, 7) is 1.60. The number of benzene rings is 2. The minimum atomic E-state index is -0.439. The van der Waals surface area contributed by atoms with Gasteiger partial charge in [0.25, 0.3) is 0 Å². The number of likely N-dealkylation sites (tertiary alicyclic amines) is 1. The summed E-state index contributed by atoms with van der Waals surface area (Å²) >= 11 is 0. The van der Waals surface area contributed by atoms with Crippen LogP contribution in [-0.4, -0.2) is 29.2 Å². The standard InChI is InChI=1S/C20H21FN2O2/c21-17-8-6-15(7-9-17)19(24)12-18-5-2-10-23(18)13-14-3-1-4-16(11-14)20(22)25/h1,3-4,6-9,11,18H,2,5,10,12-13H2,(H2,22,25)/t18-/m1/s1. The maximum absolute atomic E-state index is 13.0. The second-order valence-electron chi connectivity index (χ2n) is 6.47. The van der Waals surface area contributed by atoms with Crippen LogP contribution in [-0.2, 0) is 6.54 Å². The van der Waals surface area contributed by atoms with Gasteiger partial charge in [-0.15, -0.1) is 0 Å². The van der Waals surface area contributed by atoms with Crippen molar-refractivity contribution in [2.24, 2.45) is 5.73 Å². The summed E-state index contributed by atoms with van der Waals surface area (Å²) in [6, 6.07) is 13.2. The van der Waals surface area contributed by atoms with Crippen molar-refractivity contribution in [3.8, 4) is 0 Å². The van der Waals surface area contributed by atoms with Crippen LogP contribution < -0.4 is 5.73 Å². The topological polar surface area (TPSA) is 63.4 Å². The molecule has 0 unspecified atom stereocenters. The molecule has 0 aromatic heterocycles. The number of amides is 1. The zero-order valence-electron chi connectivity index (χ0n) is 14.0. The summed E-state index contributed by atoms with van der Waals surface area (Å²) in [5, 5.41) is 0. The van der Waals surface area contributed by atoms with Gasteiger partial charge in [0.1, 0.15) is 5.82 Å². The predicted molar refractivity (Wildman–Crippen MR) is 93.7 cm³/mol. The van der Waals surface area contributed by atoms with Crippen LogP contribution in [0.4, 0.5) is 4.39 Å². The molecule has 0 spiro atoms. The van der Waals surface area contributed by atoms with Crippen LogP contribution in [0, 0.1) is 5.82 Å². The van der Waals surface area contributed by atoms with Crippen LogP contribution in [0.15, 0.2) is 48.5 Å². The van der Waals surface area contributed by atoms with Crippen LogP contribution in [0.1, 0.15) is 45.5 Å². The van der Waals surface area contributed by atoms with E-state index in [1.54, 1.807) is 12.1 Å². The molecule has 0 radical (unpaired) electrons. The molecule has 0 bridgehead atoms. The van der Waals surface area contributed by atoms with Gasteiger partial charge in [-0.25, -0.2) is 4.39 Å². The predicted octanol–water partition coefficient (Wildman–Crippen LogP) is 3.16. The number of ketones is 1. The Morgan fingerprint density at radius 2 is 1.88 bits per heavy atom. The third kappa shape index (κ3) is 4.31. The fourth-order valence-corrected chi connectivity index (χ4v) is 3.36. The number of hydrogen-bond acceptors (Lipinski definition) is 3. The molecule has 2 aromatic rings. The molecule has 0 aliphatic carbocycles. The minimum Gasteiger partial charge on any atom is -0.366 e. The highest BCUT2D eigenvalue weighted by Gasteiger charge is 2.27. The number of primary amides is 1. The van der Waals surface area contributed by atoms with Gasteiger partial charge in [0.05, 0.1) is 0 Å². The molecule has 1 heterocycles. The molecule has 2 N–H and O–H groups in total. The van der Waals surface area contributed by atoms with E-state index in [1.807, 2.05) is 12.1 Å². The molecule has 1 atom stereocenters. The molecular weight excluding hydrogens is 319 g/mol. The highest BCUT2D eigenvalue weighted by atomic mass is 19.1. The van der Waals surface area contributed by atoms with Crippen molar-refractivity contribution in [3.05, 3.63) is 71.0 Å². The Kier molecular flexibility index (Phi) is 5.24. The Bertz CT molecular complexity index is 774. The molecule has 5 heteroatoms. The normalized spacial score (nSPS) is 17.6. The van der Waals surface area contributed by atoms with Gasteiger partial charge in [-0.1, -0.05) is 12.1 Å². The summed E-state index contributed by atoms with van der Waals surface area (Å²) in [4.78, 5) is 26.0. The van der Waals surface area contributed by atoms with Crippen molar-refractivity contribution in [3.63, 3.8) is 0 Å². The molecule has 1 saturated heterocycles. The molecule has 2 aromatic carbocycles. The summed E-state index contributed by atoms with van der Waals surface area (Å²) in [5.41, 5.74) is 7.39. The van der Waals surface area contributed by atoms with E-state index in [-0.39, 0.29) is 17.6 Å². The summed E-state index contributed by atoms with van der Waals surface area (Å²) in [7, 11) is 0. The van der Waals surface area contributed by atoms with E-state index in [9.17, 15) is 14.0 Å². The van der Waals surface area contributed by atoms with Crippen molar-refractivity contribution in [2.45, 2.75) is 31.8 Å². The first-order valence-corrected chi connectivity index (χ1v) is 8.44. The Morgan fingerprint density at radius 1 is 1.12 bits per heavy atom. The van der Waals surface area contributed by atoms with Crippen LogP contribution in [0.25, 0.3) is 0 Å². The first-order chi connectivity index (χ1) is 12.0. The van der Waals surface area contributed by atoms with Crippen molar-refractivity contribution in [1.29, 1.82) is 0 Å². The van der Waals surface area contributed by atoms with Crippen molar-refractivity contribution in [2.75, 3.05) is 6.54 Å². The molecule has 0 saturated carbocycles. The lowest BCUT2D eigenvalue weighted by molar-refractivity contribution is 0.0938. The molecule has 1 amide bonds. The van der Waals surface area contributed by atoms with E-state index in [1.165, 1.54) is 24.3 Å². The molecule has 3 rings (SSSR count). The van der Waals surface area contributed by atoms with Crippen molar-refractivity contribution in [1.82, 2.24) is 4.90 Å². The molecule has 25 heavy (non-hydrogen) atoms. The Hall–Kier alpha value is -2.53. The maximum Gasteiger partial charge on any atom is 0.248 e. The van der Waals surface area contributed by atoms with Gasteiger partial charge in [0, 0.05) is 30.1 Å². The second-order valence-corrected chi connectivity index (χ2v) is 6.47. The Balaban J connectivity index is 1.66. The van der Waals surface area contributed by atoms with Gasteiger partial charge in [0.2, 0.25) is 5.91 Å². The van der Waals surface area contributed by atoms with E-state index >= 15 is 0 Å². The number of Topliss-reactive ketones (excluding diaryl/α,β-unsaturated/α-hetero) is 1. The first-order valence-electron chi connectivity index (χ1n) is 8.44. The van der Waals surface area contributed by atoms with Gasteiger partial charge in [-0.05, 0) is 61.3 Å². The first kappa shape index (κ1) is 17.3. The van der Waals surface area contributed by atoms with Gasteiger partial charge in [0.15, 0.2) is 5.78 Å². The minimum absolute atomic E-state index is 0.0304. The number of carbonyl (C=O) groups excluding carboxylic acids is 2. The molecule has 1 aliphatic rings. The lowest BCUT2D eigenvalue weighted by Gasteiger charge is -2.24. The zero-order valence-corrected chi connectivity index (χ0v) is 14.0. The molecule has 4 nitrogen and oxygen atoms in total. The lowest BCUT2D eigenvalue weighted by Crippen LogP contribution is -2.31. The van der Waals surface area contributed by atoms with Gasteiger partial charge < -0.3 is 5.73 Å². The van der Waals surface area contributed by atoms with Gasteiger partial charge in [-0.2, -0.15) is 0 Å². The van der Waals surface area contributed by atoms with Gasteiger partial charge >= 0.3 is 0 Å². The fraction of sp³-hybridized carbons (Fsp3) is 0.300. The van der Waals surface area contributed by atoms with Crippen molar-refractivity contribution >= 4 is 11.7 Å². The maximum atomic E-state index is 13.0. The number of nitrogens with zero attached hydrogens (tertiary/aromatic N) is 1. The third-order valence-corrected chi connectivity index (χ3v) is 4.68. The van der Waals surface area contributed by atoms with Crippen LogP contribution in [0.2, 0.25) is 0 Å². The summed E-state index contributed by atoms with van der Waals surface area (Å²) < 4.78 is 13.0. The lowest BCUT2D eigenvalue weighted by atomic mass is 10.0. The number of hydrogen-bond donors (Lipinski definition) is 1. The van der Waals surface area contributed by atoms with Crippen LogP contribution in [0.5, 0.6) is 0 Å². The average Bonchev–Trinajstić information content (AvgIpc) is 3.02. The van der Waals surface area contributed by atoms with E-state index in [0.29, 0.717) is 24.1 Å². The molecular formula is C20H21FN2O2. The Morgan fingerprint density at radius 3 is 2.60 bits per heavy atom. The number of rotatable bonds is 6. The number of nitrogens with two attached hydrogens (primary N) is 1. The summed E-state index contributed by atoms with van der Waals surface area (Å²) in [5.74, 6) is -0.748. The Labute approximate surface area is 146 Å². The van der Waals surface area contributed by atoms with Gasteiger partial charge in [-0.3, -0.25) is 14.5 Å². The van der Waals surface area contributed by atoms with Crippen molar-refractivity contribution < 1.29 is 14.0 Å². The highest BCUT2D eigenvalue weighted by molar-refractivity contribution is 5.96. The van der Waals surface area contributed by atoms with E-state index < -0.39 is 5.91 Å². The smallest absolute Gasteiger partial charge is 0.248 e. The fourth-order valence-electron chi connectivity index (χ4n) is 3.36. The quantitative estimate of drug-likeness (QED) is 0.822. The molecule has 1 fully saturated rings. The van der Waals surface area contributed by atoms with Crippen LogP contribution in [0.3, 0.4) is 0 Å². The molecule has 1 aliphatic heterocycles. The van der Waals surface area contributed by atoms with Crippen LogP contribution >= 0.6 is 0 Å². The highest BCUT2D eigenvalue weighted by Crippen LogP contribution is 2.24. The summed E-state index contributed by atoms with van der Waals surface area (Å²) in [6.07, 6.45) is 2.42. The van der Waals surface area contributed by atoms with E-state index in [4.69, 9.17) is 5.73 Å².